The lowest BCUT2D eigenvalue weighted by atomic mass is 9.79. The molecule has 1 aliphatic heterocycles. The van der Waals surface area contributed by atoms with Gasteiger partial charge in [0, 0.05) is 30.5 Å². The first-order valence-electron chi connectivity index (χ1n) is 11.7. The van der Waals surface area contributed by atoms with Crippen LogP contribution in [0.15, 0.2) is 54.6 Å². The number of hydrogen-bond donors (Lipinski definition) is 2. The van der Waals surface area contributed by atoms with Gasteiger partial charge in [-0.1, -0.05) is 67.4 Å². The fourth-order valence-electron chi connectivity index (χ4n) is 5.59. The molecule has 2 unspecified atom stereocenters. The van der Waals surface area contributed by atoms with Gasteiger partial charge in [-0.15, -0.1) is 0 Å². The summed E-state index contributed by atoms with van der Waals surface area (Å²) in [6.45, 7) is 5.44. The number of amides is 1. The Morgan fingerprint density at radius 2 is 1.68 bits per heavy atom. The van der Waals surface area contributed by atoms with Crippen molar-refractivity contribution in [2.45, 2.75) is 69.4 Å². The first kappa shape index (κ1) is 22.0. The molecule has 4 rings (SSSR count). The first-order chi connectivity index (χ1) is 14.8. The lowest BCUT2D eigenvalue weighted by Crippen LogP contribution is -2.50. The quantitative estimate of drug-likeness (QED) is 0.730. The van der Waals surface area contributed by atoms with Crippen molar-refractivity contribution in [3.63, 3.8) is 0 Å². The van der Waals surface area contributed by atoms with E-state index in [1.54, 1.807) is 0 Å². The fourth-order valence-corrected chi connectivity index (χ4v) is 5.59. The van der Waals surface area contributed by atoms with Crippen molar-refractivity contribution >= 4 is 5.91 Å². The molecule has 1 saturated carbocycles. The SMILES string of the molecule is CC(C)(N)Cc1ccccc1C1CCN(C(=O)C(O)(c2ccccc2)C2CCCC2)C1. The third-order valence-corrected chi connectivity index (χ3v) is 7.10. The molecule has 31 heavy (non-hydrogen) atoms. The lowest BCUT2D eigenvalue weighted by molar-refractivity contribution is -0.158. The molecule has 2 atom stereocenters. The fraction of sp³-hybridized carbons (Fsp3) is 0.519. The van der Waals surface area contributed by atoms with E-state index < -0.39 is 5.60 Å². The summed E-state index contributed by atoms with van der Waals surface area (Å²) in [5.74, 6) is 0.155. The number of rotatable bonds is 6. The van der Waals surface area contributed by atoms with Gasteiger partial charge in [-0.2, -0.15) is 0 Å². The van der Waals surface area contributed by atoms with Gasteiger partial charge in [0.15, 0.2) is 5.60 Å². The molecule has 2 aliphatic rings. The van der Waals surface area contributed by atoms with Crippen LogP contribution in [0.4, 0.5) is 0 Å². The second-order valence-corrected chi connectivity index (χ2v) is 10.2. The minimum absolute atomic E-state index is 0.00762. The zero-order valence-corrected chi connectivity index (χ0v) is 18.9. The largest absolute Gasteiger partial charge is 0.375 e. The molecule has 166 valence electrons. The Kier molecular flexibility index (Phi) is 6.23. The summed E-state index contributed by atoms with van der Waals surface area (Å²) in [6.07, 6.45) is 5.70. The zero-order chi connectivity index (χ0) is 22.1. The van der Waals surface area contributed by atoms with Crippen LogP contribution in [0, 0.1) is 5.92 Å². The van der Waals surface area contributed by atoms with Gasteiger partial charge in [-0.25, -0.2) is 0 Å². The summed E-state index contributed by atoms with van der Waals surface area (Å²) in [7, 11) is 0. The van der Waals surface area contributed by atoms with Crippen LogP contribution in [-0.4, -0.2) is 34.5 Å². The van der Waals surface area contributed by atoms with Crippen molar-refractivity contribution in [1.29, 1.82) is 0 Å². The molecule has 0 radical (unpaired) electrons. The molecule has 4 nitrogen and oxygen atoms in total. The number of carbonyl (C=O) groups excluding carboxylic acids is 1. The van der Waals surface area contributed by atoms with Crippen LogP contribution in [0.25, 0.3) is 0 Å². The number of likely N-dealkylation sites (tertiary alicyclic amines) is 1. The van der Waals surface area contributed by atoms with Crippen molar-refractivity contribution in [2.24, 2.45) is 11.7 Å². The Labute approximate surface area is 186 Å². The van der Waals surface area contributed by atoms with E-state index in [9.17, 15) is 9.90 Å². The molecule has 3 N–H and O–H groups in total. The first-order valence-corrected chi connectivity index (χ1v) is 11.7. The number of aliphatic hydroxyl groups is 1. The molecule has 1 saturated heterocycles. The predicted octanol–water partition coefficient (Wildman–Crippen LogP) is 4.36. The summed E-state index contributed by atoms with van der Waals surface area (Å²) in [4.78, 5) is 15.7. The minimum Gasteiger partial charge on any atom is -0.375 e. The topological polar surface area (TPSA) is 66.6 Å². The van der Waals surface area contributed by atoms with Crippen molar-refractivity contribution < 1.29 is 9.90 Å². The van der Waals surface area contributed by atoms with Gasteiger partial charge in [-0.05, 0) is 56.2 Å². The van der Waals surface area contributed by atoms with Crippen molar-refractivity contribution in [1.82, 2.24) is 4.90 Å². The van der Waals surface area contributed by atoms with Crippen LogP contribution in [0.1, 0.15) is 68.6 Å². The third kappa shape index (κ3) is 4.56. The average molecular weight is 421 g/mol. The Balaban J connectivity index is 1.58. The van der Waals surface area contributed by atoms with Crippen molar-refractivity contribution in [3.8, 4) is 0 Å². The molecule has 4 heteroatoms. The minimum atomic E-state index is -1.43. The number of nitrogens with zero attached hydrogens (tertiary/aromatic N) is 1. The summed E-state index contributed by atoms with van der Waals surface area (Å²) in [5, 5.41) is 11.9. The van der Waals surface area contributed by atoms with E-state index in [-0.39, 0.29) is 23.3 Å². The van der Waals surface area contributed by atoms with E-state index in [1.807, 2.05) is 35.2 Å². The number of benzene rings is 2. The van der Waals surface area contributed by atoms with E-state index >= 15 is 0 Å². The summed E-state index contributed by atoms with van der Waals surface area (Å²) >= 11 is 0. The predicted molar refractivity (Wildman–Crippen MR) is 125 cm³/mol. The van der Waals surface area contributed by atoms with Gasteiger partial charge in [0.1, 0.15) is 0 Å². The Hall–Kier alpha value is -2.17. The van der Waals surface area contributed by atoms with Gasteiger partial charge in [0.05, 0.1) is 0 Å². The number of hydrogen-bond acceptors (Lipinski definition) is 3. The van der Waals surface area contributed by atoms with Crippen LogP contribution >= 0.6 is 0 Å². The Morgan fingerprint density at radius 1 is 1.03 bits per heavy atom. The van der Waals surface area contributed by atoms with Crippen LogP contribution in [0.2, 0.25) is 0 Å². The van der Waals surface area contributed by atoms with Crippen molar-refractivity contribution in [2.75, 3.05) is 13.1 Å². The monoisotopic (exact) mass is 420 g/mol. The molecule has 0 bridgehead atoms. The van der Waals surface area contributed by atoms with Crippen LogP contribution in [0.3, 0.4) is 0 Å². The normalized spacial score (nSPS) is 21.9. The second kappa shape index (κ2) is 8.76. The lowest BCUT2D eigenvalue weighted by Gasteiger charge is -2.36. The highest BCUT2D eigenvalue weighted by Gasteiger charge is 2.49. The standard InChI is InChI=1S/C27H36N2O2/c1-26(2,28)18-20-10-6-9-15-24(20)21-16-17-29(19-21)25(30)27(31,23-13-7-8-14-23)22-11-4-3-5-12-22/h3-6,9-12,15,21,23,31H,7-8,13-14,16-19,28H2,1-2H3. The Bertz CT molecular complexity index is 899. The number of carbonyl (C=O) groups is 1. The molecule has 0 aromatic heterocycles. The van der Waals surface area contributed by atoms with Crippen LogP contribution in [-0.2, 0) is 16.8 Å². The maximum atomic E-state index is 13.8. The van der Waals surface area contributed by atoms with E-state index in [4.69, 9.17) is 5.73 Å². The summed E-state index contributed by atoms with van der Waals surface area (Å²) < 4.78 is 0. The molecule has 1 aliphatic carbocycles. The molecule has 2 aromatic carbocycles. The third-order valence-electron chi connectivity index (χ3n) is 7.10. The molecule has 1 amide bonds. The molecule has 0 spiro atoms. The van der Waals surface area contributed by atoms with Crippen LogP contribution in [0.5, 0.6) is 0 Å². The highest BCUT2D eigenvalue weighted by molar-refractivity contribution is 5.87. The van der Waals surface area contributed by atoms with Crippen LogP contribution < -0.4 is 5.73 Å². The maximum Gasteiger partial charge on any atom is 0.259 e. The van der Waals surface area contributed by atoms with Crippen molar-refractivity contribution in [3.05, 3.63) is 71.3 Å². The maximum absolute atomic E-state index is 13.8. The van der Waals surface area contributed by atoms with Gasteiger partial charge in [0.25, 0.3) is 5.91 Å². The molecule has 2 aromatic rings. The highest BCUT2D eigenvalue weighted by atomic mass is 16.3. The molecule has 1 heterocycles. The van der Waals surface area contributed by atoms with Gasteiger partial charge < -0.3 is 15.7 Å². The highest BCUT2D eigenvalue weighted by Crippen LogP contribution is 2.43. The molecular formula is C27H36N2O2. The van der Waals surface area contributed by atoms with Gasteiger partial charge in [-0.3, -0.25) is 4.79 Å². The summed E-state index contributed by atoms with van der Waals surface area (Å²) in [5.41, 5.74) is 7.90. The molecule has 2 fully saturated rings. The zero-order valence-electron chi connectivity index (χ0n) is 18.9. The van der Waals surface area contributed by atoms with Gasteiger partial charge in [0.2, 0.25) is 0 Å². The van der Waals surface area contributed by atoms with E-state index in [0.717, 1.165) is 44.1 Å². The smallest absolute Gasteiger partial charge is 0.259 e. The number of nitrogens with two attached hydrogens (primary N) is 1. The van der Waals surface area contributed by atoms with Gasteiger partial charge >= 0.3 is 0 Å². The Morgan fingerprint density at radius 3 is 2.35 bits per heavy atom. The average Bonchev–Trinajstić information content (AvgIpc) is 3.45. The van der Waals surface area contributed by atoms with E-state index in [1.165, 1.54) is 11.1 Å². The molecular weight excluding hydrogens is 384 g/mol. The van der Waals surface area contributed by atoms with E-state index in [0.29, 0.717) is 13.1 Å². The van der Waals surface area contributed by atoms with E-state index in [2.05, 4.69) is 38.1 Å². The second-order valence-electron chi connectivity index (χ2n) is 10.2. The summed E-state index contributed by atoms with van der Waals surface area (Å²) in [6, 6.07) is 18.1.